The van der Waals surface area contributed by atoms with Crippen LogP contribution in [0.25, 0.3) is 45.0 Å². The molecule has 324 valence electrons. The van der Waals surface area contributed by atoms with E-state index < -0.39 is 14.0 Å². The zero-order valence-corrected chi connectivity index (χ0v) is 37.5. The molecule has 12 nitrogen and oxygen atoms in total. The minimum atomic E-state index is -3.79. The first-order chi connectivity index (χ1) is 29.1. The van der Waals surface area contributed by atoms with Crippen LogP contribution >= 0.6 is 0 Å². The van der Waals surface area contributed by atoms with Crippen molar-refractivity contribution in [2.75, 3.05) is 26.4 Å². The molecule has 62 heavy (non-hydrogen) atoms. The summed E-state index contributed by atoms with van der Waals surface area (Å²) in [4.78, 5) is 13.5. The fraction of sp³-hybridized carbons (Fsp3) is 0.367. The van der Waals surface area contributed by atoms with Gasteiger partial charge in [0.2, 0.25) is 0 Å². The summed E-state index contributed by atoms with van der Waals surface area (Å²) in [7, 11) is 3.99. The average Bonchev–Trinajstić information content (AvgIpc) is 4.11. The number of aryl methyl sites for hydroxylation is 2. The Kier molecular flexibility index (Phi) is 12.6. The van der Waals surface area contributed by atoms with E-state index >= 15 is 0 Å². The first-order valence-electron chi connectivity index (χ1n) is 20.4. The second-order valence-electron chi connectivity index (χ2n) is 16.2. The first kappa shape index (κ1) is 44.8. The van der Waals surface area contributed by atoms with Crippen LogP contribution < -0.4 is 0 Å². The molecule has 0 spiro atoms. The number of rotatable bonds is 4. The average molecular weight is 879 g/mol. The number of aromatic nitrogens is 4. The van der Waals surface area contributed by atoms with Crippen molar-refractivity contribution in [3.05, 3.63) is 126 Å². The number of fused-ring (bicyclic) bond motifs is 6. The van der Waals surface area contributed by atoms with E-state index in [0.717, 1.165) is 68.0 Å². The van der Waals surface area contributed by atoms with Gasteiger partial charge < -0.3 is 18.9 Å². The van der Waals surface area contributed by atoms with E-state index in [1.165, 1.54) is 55.8 Å². The molecule has 2 saturated heterocycles. The third kappa shape index (κ3) is 7.55. The number of hydrogen-bond acceptors (Lipinski definition) is 10. The molecule has 0 unspecified atom stereocenters. The van der Waals surface area contributed by atoms with Crippen molar-refractivity contribution in [3.63, 3.8) is 0 Å². The van der Waals surface area contributed by atoms with Gasteiger partial charge >= 0.3 is 25.4 Å². The third-order valence-electron chi connectivity index (χ3n) is 13.1. The van der Waals surface area contributed by atoms with E-state index in [-0.39, 0.29) is 25.8 Å². The van der Waals surface area contributed by atoms with E-state index in [1.807, 2.05) is 42.9 Å². The molecule has 2 aliphatic heterocycles. The monoisotopic (exact) mass is 878 g/mol. The van der Waals surface area contributed by atoms with Crippen molar-refractivity contribution in [2.24, 2.45) is 14.1 Å². The molecule has 0 saturated carbocycles. The summed E-state index contributed by atoms with van der Waals surface area (Å²) in [6.07, 6.45) is 0.419. The summed E-state index contributed by atoms with van der Waals surface area (Å²) in [5.74, 6) is 0.0772. The van der Waals surface area contributed by atoms with Gasteiger partial charge in [-0.1, -0.05) is 56.0 Å². The number of carbonyl (C=O) groups excluding carboxylic acids is 1. The van der Waals surface area contributed by atoms with E-state index in [0.29, 0.717) is 32.0 Å². The summed E-state index contributed by atoms with van der Waals surface area (Å²) in [6, 6.07) is 16.4. The SMILES string of the molecule is C.Cc1c(C)c(C)c2c(c1C)C(=O)c1c(-c3ccc(C4OCCO4)cc3)nn(C)c1-2.Cc1c(C)c(C)c2c(c1C)Cc1c(-c3ccc(C4OCCO4)cc3)nn(C)c1-2.[O]=[Cr](=[O])=[O]. The molecular formula is C49H54CrN4O8. The Morgan fingerprint density at radius 2 is 0.887 bits per heavy atom. The van der Waals surface area contributed by atoms with Gasteiger partial charge in [0.1, 0.15) is 5.69 Å². The Labute approximate surface area is 366 Å². The van der Waals surface area contributed by atoms with Gasteiger partial charge in [-0.2, -0.15) is 10.2 Å². The fourth-order valence-corrected chi connectivity index (χ4v) is 9.33. The maximum absolute atomic E-state index is 13.5. The van der Waals surface area contributed by atoms with E-state index in [4.69, 9.17) is 40.6 Å². The number of benzene rings is 4. The van der Waals surface area contributed by atoms with Crippen LogP contribution in [0.4, 0.5) is 0 Å². The Morgan fingerprint density at radius 3 is 1.37 bits per heavy atom. The van der Waals surface area contributed by atoms with Gasteiger partial charge in [-0.15, -0.1) is 0 Å². The Balaban J connectivity index is 0.000000169. The molecule has 2 fully saturated rings. The first-order valence-corrected chi connectivity index (χ1v) is 22.0. The molecule has 6 aromatic rings. The maximum atomic E-state index is 13.5. The fourth-order valence-electron chi connectivity index (χ4n) is 9.33. The van der Waals surface area contributed by atoms with Crippen LogP contribution in [0.1, 0.15) is 103 Å². The van der Waals surface area contributed by atoms with Crippen molar-refractivity contribution in [3.8, 4) is 45.0 Å². The van der Waals surface area contributed by atoms with Crippen molar-refractivity contribution < 1.29 is 49.1 Å². The Morgan fingerprint density at radius 1 is 0.500 bits per heavy atom. The predicted molar refractivity (Wildman–Crippen MR) is 230 cm³/mol. The molecule has 4 heterocycles. The van der Waals surface area contributed by atoms with Crippen molar-refractivity contribution in [1.29, 1.82) is 0 Å². The standard InChI is InChI=1S/C24H24N2O3.C24H26N2O2.CH4.Cr.3O/c1-12-13(2)15(4)19-18(14(12)3)22-20(23(19)27)21(25-26(22)5)16-6-8-17(9-7-16)24-28-10-11-29-24;1-13-14(2)16(4)21-19(15(13)3)12-20-22(25-26(5)23(20)21)17-6-8-18(9-7-17)24-27-10-11-28-24;;;;;/h6-9,24H,10-11H2,1-5H3;6-9,24H,10-12H2,1-5H3;1H4;;;;. The molecule has 10 rings (SSSR count). The Bertz CT molecular complexity index is 2860. The second kappa shape index (κ2) is 17.5. The zero-order valence-electron chi connectivity index (χ0n) is 36.3. The van der Waals surface area contributed by atoms with Gasteiger partial charge in [-0.25, -0.2) is 0 Å². The third-order valence-corrected chi connectivity index (χ3v) is 13.1. The second-order valence-corrected chi connectivity index (χ2v) is 16.8. The molecular weight excluding hydrogens is 825 g/mol. The van der Waals surface area contributed by atoms with Gasteiger partial charge in [0.05, 0.1) is 49.1 Å². The van der Waals surface area contributed by atoms with Gasteiger partial charge in [0.15, 0.2) is 18.4 Å². The number of nitrogens with zero attached hydrogens (tertiary/aromatic N) is 4. The molecule has 0 radical (unpaired) electrons. The van der Waals surface area contributed by atoms with Crippen molar-refractivity contribution in [1.82, 2.24) is 19.6 Å². The predicted octanol–water partition coefficient (Wildman–Crippen LogP) is 9.79. The molecule has 0 atom stereocenters. The van der Waals surface area contributed by atoms with Gasteiger partial charge in [0, 0.05) is 65.0 Å². The van der Waals surface area contributed by atoms with Crippen molar-refractivity contribution in [2.45, 2.75) is 81.8 Å². The zero-order chi connectivity index (χ0) is 43.6. The topological polar surface area (TPSA) is 141 Å². The molecule has 0 bridgehead atoms. The van der Waals surface area contributed by atoms with Crippen molar-refractivity contribution >= 4 is 5.78 Å². The van der Waals surface area contributed by atoms with Crippen LogP contribution in [-0.4, -0.2) is 51.8 Å². The van der Waals surface area contributed by atoms with E-state index in [9.17, 15) is 4.79 Å². The molecule has 4 aromatic carbocycles. The van der Waals surface area contributed by atoms with Crippen LogP contribution in [0, 0.1) is 55.4 Å². The summed E-state index contributed by atoms with van der Waals surface area (Å²) in [5.41, 5.74) is 25.2. The van der Waals surface area contributed by atoms with E-state index in [2.05, 4.69) is 84.5 Å². The quantitative estimate of drug-likeness (QED) is 0.168. The number of hydrogen-bond donors (Lipinski definition) is 0. The van der Waals surface area contributed by atoms with Gasteiger partial charge in [-0.05, 0) is 105 Å². The van der Waals surface area contributed by atoms with Gasteiger partial charge in [0.25, 0.3) is 0 Å². The number of ketones is 1. The number of carbonyl (C=O) groups is 1. The summed E-state index contributed by atoms with van der Waals surface area (Å²) >= 11 is -3.79. The molecule has 0 amide bonds. The molecule has 2 aliphatic carbocycles. The molecule has 0 N–H and O–H groups in total. The molecule has 13 heteroatoms. The van der Waals surface area contributed by atoms with Crippen LogP contribution in [0.5, 0.6) is 0 Å². The normalized spacial score (nSPS) is 15.0. The minimum absolute atomic E-state index is 0. The summed E-state index contributed by atoms with van der Waals surface area (Å²) in [6.45, 7) is 19.9. The summed E-state index contributed by atoms with van der Waals surface area (Å²) in [5, 5.41) is 9.64. The van der Waals surface area contributed by atoms with Crippen LogP contribution in [0.2, 0.25) is 0 Å². The summed E-state index contributed by atoms with van der Waals surface area (Å²) < 4.78 is 51.9. The molecule has 4 aliphatic rings. The van der Waals surface area contributed by atoms with Crippen LogP contribution in [0.3, 0.4) is 0 Å². The van der Waals surface area contributed by atoms with Crippen LogP contribution in [-0.2, 0) is 64.8 Å². The molecule has 2 aromatic heterocycles. The van der Waals surface area contributed by atoms with E-state index in [1.54, 1.807) is 0 Å². The Hall–Kier alpha value is -5.26. The van der Waals surface area contributed by atoms with Crippen LogP contribution in [0.15, 0.2) is 48.5 Å². The van der Waals surface area contributed by atoms with Gasteiger partial charge in [-0.3, -0.25) is 14.2 Å². The number of ether oxygens (including phenoxy) is 4.